The molecule has 2 atom stereocenters. The highest BCUT2D eigenvalue weighted by atomic mass is 32.1. The lowest BCUT2D eigenvalue weighted by atomic mass is 10.1. The molecule has 0 spiro atoms. The van der Waals surface area contributed by atoms with Crippen molar-refractivity contribution in [1.29, 1.82) is 0 Å². The number of morpholine rings is 1. The molecule has 0 unspecified atom stereocenters. The van der Waals surface area contributed by atoms with Gasteiger partial charge in [0.25, 0.3) is 5.91 Å². The fraction of sp³-hybridized carbons (Fsp3) is 0.294. The van der Waals surface area contributed by atoms with Crippen LogP contribution in [0.5, 0.6) is 0 Å². The molecule has 2 heterocycles. The molecule has 6 nitrogen and oxygen atoms in total. The molecule has 24 heavy (non-hydrogen) atoms. The first-order valence-electron chi connectivity index (χ1n) is 7.74. The van der Waals surface area contributed by atoms with Gasteiger partial charge in [0.1, 0.15) is 6.04 Å². The number of carbonyl (C=O) groups is 2. The molecule has 2 aromatic rings. The highest BCUT2D eigenvalue weighted by Crippen LogP contribution is 2.18. The number of ether oxygens (including phenoxy) is 1. The first kappa shape index (κ1) is 16.6. The van der Waals surface area contributed by atoms with E-state index in [4.69, 9.17) is 4.74 Å². The second-order valence-electron chi connectivity index (χ2n) is 5.51. The molecule has 3 rings (SSSR count). The van der Waals surface area contributed by atoms with Crippen LogP contribution in [0.2, 0.25) is 0 Å². The number of rotatable bonds is 4. The third-order valence-corrected chi connectivity index (χ3v) is 4.60. The molecule has 2 amide bonds. The molecule has 126 valence electrons. The molecule has 1 fully saturated rings. The number of hydrogen-bond acceptors (Lipinski definition) is 5. The number of nitrogens with one attached hydrogen (secondary N) is 3. The van der Waals surface area contributed by atoms with Gasteiger partial charge in [-0.3, -0.25) is 9.59 Å². The van der Waals surface area contributed by atoms with Crippen LogP contribution in [-0.4, -0.2) is 37.1 Å². The van der Waals surface area contributed by atoms with E-state index in [0.717, 1.165) is 0 Å². The Kier molecular flexibility index (Phi) is 5.24. The number of carbonyl (C=O) groups excluding carboxylic acids is 2. The first-order valence-corrected chi connectivity index (χ1v) is 8.62. The molecule has 1 aromatic carbocycles. The summed E-state index contributed by atoms with van der Waals surface area (Å²) in [5, 5.41) is 10.7. The van der Waals surface area contributed by atoms with Crippen LogP contribution in [0.4, 0.5) is 11.4 Å². The van der Waals surface area contributed by atoms with Gasteiger partial charge in [0.2, 0.25) is 5.91 Å². The topological polar surface area (TPSA) is 79.5 Å². The van der Waals surface area contributed by atoms with Crippen molar-refractivity contribution in [3.63, 3.8) is 0 Å². The summed E-state index contributed by atoms with van der Waals surface area (Å²) in [6, 6.07) is 10.3. The Labute approximate surface area is 144 Å². The zero-order chi connectivity index (χ0) is 16.9. The standard InChI is InChI=1S/C17H19N3O3S/c1-11-15(18-7-8-23-11)17(22)20-13-5-2-4-12(10-13)19-16(21)14-6-3-9-24-14/h2-6,9-11,15,18H,7-8H2,1H3,(H,19,21)(H,20,22)/t11-,15+/m1/s1. The quantitative estimate of drug-likeness (QED) is 0.794. The molecule has 0 radical (unpaired) electrons. The van der Waals surface area contributed by atoms with E-state index in [1.807, 2.05) is 18.4 Å². The molecule has 1 aliphatic rings. The molecule has 1 aromatic heterocycles. The Morgan fingerprint density at radius 1 is 1.21 bits per heavy atom. The minimum atomic E-state index is -0.386. The average Bonchev–Trinajstić information content (AvgIpc) is 3.10. The van der Waals surface area contributed by atoms with Gasteiger partial charge in [-0.2, -0.15) is 0 Å². The molecule has 1 saturated heterocycles. The van der Waals surface area contributed by atoms with Crippen LogP contribution in [0.1, 0.15) is 16.6 Å². The zero-order valence-electron chi connectivity index (χ0n) is 13.2. The number of amides is 2. The van der Waals surface area contributed by atoms with Crippen LogP contribution in [0, 0.1) is 0 Å². The van der Waals surface area contributed by atoms with Crippen molar-refractivity contribution in [3.8, 4) is 0 Å². The second-order valence-corrected chi connectivity index (χ2v) is 6.46. The average molecular weight is 345 g/mol. The first-order chi connectivity index (χ1) is 11.6. The Hall–Kier alpha value is -2.22. The summed E-state index contributed by atoms with van der Waals surface area (Å²) in [5.74, 6) is -0.312. The van der Waals surface area contributed by atoms with Crippen molar-refractivity contribution in [1.82, 2.24) is 5.32 Å². The predicted molar refractivity (Wildman–Crippen MR) is 94.5 cm³/mol. The minimum absolute atomic E-state index is 0.149. The van der Waals surface area contributed by atoms with Gasteiger partial charge in [-0.25, -0.2) is 0 Å². The van der Waals surface area contributed by atoms with Crippen molar-refractivity contribution in [2.24, 2.45) is 0 Å². The minimum Gasteiger partial charge on any atom is -0.375 e. The summed E-state index contributed by atoms with van der Waals surface area (Å²) < 4.78 is 5.49. The Bertz CT molecular complexity index is 718. The lowest BCUT2D eigenvalue weighted by Crippen LogP contribution is -2.53. The van der Waals surface area contributed by atoms with Crippen molar-refractivity contribution < 1.29 is 14.3 Å². The molecular weight excluding hydrogens is 326 g/mol. The van der Waals surface area contributed by atoms with Crippen molar-refractivity contribution in [2.45, 2.75) is 19.1 Å². The van der Waals surface area contributed by atoms with E-state index < -0.39 is 0 Å². The molecule has 0 aliphatic carbocycles. The van der Waals surface area contributed by atoms with Crippen molar-refractivity contribution >= 4 is 34.5 Å². The van der Waals surface area contributed by atoms with E-state index in [1.165, 1.54) is 11.3 Å². The smallest absolute Gasteiger partial charge is 0.265 e. The summed E-state index contributed by atoms with van der Waals surface area (Å²) >= 11 is 1.38. The summed E-state index contributed by atoms with van der Waals surface area (Å²) in [6.07, 6.45) is -0.180. The van der Waals surface area contributed by atoms with Gasteiger partial charge in [0, 0.05) is 17.9 Å². The maximum Gasteiger partial charge on any atom is 0.265 e. The largest absolute Gasteiger partial charge is 0.375 e. The SMILES string of the molecule is C[C@H]1OCCN[C@@H]1C(=O)Nc1cccc(NC(=O)c2cccs2)c1. The van der Waals surface area contributed by atoms with Gasteiger partial charge < -0.3 is 20.7 Å². The summed E-state index contributed by atoms with van der Waals surface area (Å²) in [7, 11) is 0. The van der Waals surface area contributed by atoms with Crippen LogP contribution in [0.25, 0.3) is 0 Å². The Balaban J connectivity index is 1.64. The van der Waals surface area contributed by atoms with E-state index in [2.05, 4.69) is 16.0 Å². The van der Waals surface area contributed by atoms with Crippen LogP contribution < -0.4 is 16.0 Å². The Morgan fingerprint density at radius 3 is 2.71 bits per heavy atom. The predicted octanol–water partition coefficient (Wildman–Crippen LogP) is 2.32. The van der Waals surface area contributed by atoms with E-state index in [-0.39, 0.29) is 24.0 Å². The van der Waals surface area contributed by atoms with Gasteiger partial charge in [0.15, 0.2) is 0 Å². The fourth-order valence-corrected chi connectivity index (χ4v) is 3.14. The second kappa shape index (κ2) is 7.57. The summed E-state index contributed by atoms with van der Waals surface area (Å²) in [4.78, 5) is 25.1. The molecule has 3 N–H and O–H groups in total. The molecule has 1 aliphatic heterocycles. The van der Waals surface area contributed by atoms with E-state index in [9.17, 15) is 9.59 Å². The monoisotopic (exact) mass is 345 g/mol. The molecule has 0 bridgehead atoms. The van der Waals surface area contributed by atoms with Crippen LogP contribution >= 0.6 is 11.3 Å². The van der Waals surface area contributed by atoms with Gasteiger partial charge >= 0.3 is 0 Å². The van der Waals surface area contributed by atoms with Gasteiger partial charge in [-0.15, -0.1) is 11.3 Å². The third kappa shape index (κ3) is 4.00. The van der Waals surface area contributed by atoms with Crippen LogP contribution in [0.15, 0.2) is 41.8 Å². The summed E-state index contributed by atoms with van der Waals surface area (Å²) in [5.41, 5.74) is 1.26. The zero-order valence-corrected chi connectivity index (χ0v) is 14.1. The molecule has 7 heteroatoms. The van der Waals surface area contributed by atoms with E-state index in [0.29, 0.717) is 29.4 Å². The maximum atomic E-state index is 12.4. The maximum absolute atomic E-state index is 12.4. The number of anilines is 2. The lowest BCUT2D eigenvalue weighted by Gasteiger charge is -2.29. The summed E-state index contributed by atoms with van der Waals surface area (Å²) in [6.45, 7) is 3.13. The van der Waals surface area contributed by atoms with Crippen molar-refractivity contribution in [2.75, 3.05) is 23.8 Å². The number of thiophene rings is 1. The highest BCUT2D eigenvalue weighted by molar-refractivity contribution is 7.12. The van der Waals surface area contributed by atoms with Gasteiger partial charge in [0.05, 0.1) is 17.6 Å². The van der Waals surface area contributed by atoms with Gasteiger partial charge in [-0.05, 0) is 36.6 Å². The van der Waals surface area contributed by atoms with Gasteiger partial charge in [-0.1, -0.05) is 12.1 Å². The van der Waals surface area contributed by atoms with Crippen LogP contribution in [0.3, 0.4) is 0 Å². The lowest BCUT2D eigenvalue weighted by molar-refractivity contribution is -0.123. The number of benzene rings is 1. The third-order valence-electron chi connectivity index (χ3n) is 3.73. The molecule has 0 saturated carbocycles. The van der Waals surface area contributed by atoms with Crippen molar-refractivity contribution in [3.05, 3.63) is 46.7 Å². The molecular formula is C17H19N3O3S. The Morgan fingerprint density at radius 2 is 2.00 bits per heavy atom. The normalized spacial score (nSPS) is 20.4. The van der Waals surface area contributed by atoms with E-state index >= 15 is 0 Å². The van der Waals surface area contributed by atoms with E-state index in [1.54, 1.807) is 30.3 Å². The highest BCUT2D eigenvalue weighted by Gasteiger charge is 2.28. The fourth-order valence-electron chi connectivity index (χ4n) is 2.52. The van der Waals surface area contributed by atoms with Crippen LogP contribution in [-0.2, 0) is 9.53 Å². The number of hydrogen-bond donors (Lipinski definition) is 3.